The summed E-state index contributed by atoms with van der Waals surface area (Å²) in [4.78, 5) is 2.85. The van der Waals surface area contributed by atoms with Gasteiger partial charge in [0.2, 0.25) is 0 Å². The molecular weight excluding hydrogens is 215 g/mol. The second-order valence-corrected chi connectivity index (χ2v) is 4.15. The van der Waals surface area contributed by atoms with E-state index in [0.717, 1.165) is 11.8 Å². The number of nitrogens with one attached hydrogen (secondary N) is 1. The largest absolute Gasteiger partial charge is 0.418 e. The molecule has 0 saturated heterocycles. The lowest BCUT2D eigenvalue weighted by molar-refractivity contribution is -0.136. The number of aromatic nitrogens is 1. The smallest absolute Gasteiger partial charge is 0.358 e. The van der Waals surface area contributed by atoms with E-state index in [2.05, 4.69) is 4.98 Å². The van der Waals surface area contributed by atoms with Crippen LogP contribution >= 0.6 is 0 Å². The zero-order chi connectivity index (χ0) is 11.9. The highest BCUT2D eigenvalue weighted by Gasteiger charge is 2.33. The first-order valence-corrected chi connectivity index (χ1v) is 5.08. The second-order valence-electron chi connectivity index (χ2n) is 4.15. The van der Waals surface area contributed by atoms with Crippen LogP contribution in [-0.2, 0) is 6.18 Å². The van der Waals surface area contributed by atoms with Crippen molar-refractivity contribution in [2.24, 2.45) is 0 Å². The summed E-state index contributed by atoms with van der Waals surface area (Å²) >= 11 is 0. The minimum absolute atomic E-state index is 0.179. The molecule has 1 aromatic carbocycles. The third kappa shape index (κ3) is 1.79. The number of H-pyrrole nitrogens is 1. The van der Waals surface area contributed by atoms with Crippen molar-refractivity contribution in [1.29, 1.82) is 0 Å². The standard InChI is InChI=1S/C12H12F3N/c1-7(2)10-6-8-4-3-5-9(11(8)16-10)12(13,14)15/h3-7,16H,1-2H3. The molecule has 0 saturated carbocycles. The highest BCUT2D eigenvalue weighted by Crippen LogP contribution is 2.35. The number of rotatable bonds is 1. The molecule has 1 nitrogen and oxygen atoms in total. The summed E-state index contributed by atoms with van der Waals surface area (Å²) in [7, 11) is 0. The molecule has 4 heteroatoms. The molecule has 0 fully saturated rings. The summed E-state index contributed by atoms with van der Waals surface area (Å²) in [5, 5.41) is 0.610. The molecule has 2 rings (SSSR count). The predicted molar refractivity (Wildman–Crippen MR) is 57.4 cm³/mol. The highest BCUT2D eigenvalue weighted by atomic mass is 19.4. The van der Waals surface area contributed by atoms with Crippen LogP contribution in [0.25, 0.3) is 10.9 Å². The summed E-state index contributed by atoms with van der Waals surface area (Å²) in [5.41, 5.74) is 0.405. The van der Waals surface area contributed by atoms with Gasteiger partial charge in [-0.2, -0.15) is 13.2 Å². The summed E-state index contributed by atoms with van der Waals surface area (Å²) in [6.45, 7) is 3.88. The Hall–Kier alpha value is -1.45. The quantitative estimate of drug-likeness (QED) is 0.747. The van der Waals surface area contributed by atoms with Crippen LogP contribution in [0.2, 0.25) is 0 Å². The van der Waals surface area contributed by atoms with E-state index in [9.17, 15) is 13.2 Å². The SMILES string of the molecule is CC(C)c1cc2cccc(C(F)(F)F)c2[nH]1. The molecule has 86 valence electrons. The van der Waals surface area contributed by atoms with Gasteiger partial charge in [0.25, 0.3) is 0 Å². The molecule has 0 radical (unpaired) electrons. The number of halogens is 3. The number of aromatic amines is 1. The third-order valence-corrected chi connectivity index (χ3v) is 2.60. The second kappa shape index (κ2) is 3.54. The van der Waals surface area contributed by atoms with Gasteiger partial charge in [-0.15, -0.1) is 0 Å². The van der Waals surface area contributed by atoms with Crippen LogP contribution in [-0.4, -0.2) is 4.98 Å². The maximum absolute atomic E-state index is 12.7. The fourth-order valence-corrected chi connectivity index (χ4v) is 1.73. The zero-order valence-corrected chi connectivity index (χ0v) is 9.02. The minimum Gasteiger partial charge on any atom is -0.358 e. The molecule has 0 spiro atoms. The Morgan fingerprint density at radius 1 is 1.19 bits per heavy atom. The Balaban J connectivity index is 2.68. The average molecular weight is 227 g/mol. The number of fused-ring (bicyclic) bond motifs is 1. The van der Waals surface area contributed by atoms with E-state index in [0.29, 0.717) is 5.39 Å². The van der Waals surface area contributed by atoms with Crippen molar-refractivity contribution < 1.29 is 13.2 Å². The van der Waals surface area contributed by atoms with Crippen LogP contribution in [0.5, 0.6) is 0 Å². The van der Waals surface area contributed by atoms with Crippen LogP contribution in [0.3, 0.4) is 0 Å². The first kappa shape index (κ1) is 11.0. The van der Waals surface area contributed by atoms with Crippen molar-refractivity contribution in [2.75, 3.05) is 0 Å². The van der Waals surface area contributed by atoms with Gasteiger partial charge in [-0.3, -0.25) is 0 Å². The normalized spacial score (nSPS) is 12.6. The van der Waals surface area contributed by atoms with Gasteiger partial charge in [0.1, 0.15) is 0 Å². The zero-order valence-electron chi connectivity index (χ0n) is 9.02. The summed E-state index contributed by atoms with van der Waals surface area (Å²) in [6.07, 6.45) is -4.31. The molecule has 1 aromatic heterocycles. The van der Waals surface area contributed by atoms with E-state index in [-0.39, 0.29) is 11.4 Å². The Kier molecular flexibility index (Phi) is 2.45. The number of hydrogen-bond acceptors (Lipinski definition) is 0. The third-order valence-electron chi connectivity index (χ3n) is 2.60. The van der Waals surface area contributed by atoms with Crippen molar-refractivity contribution in [3.05, 3.63) is 35.5 Å². The molecule has 16 heavy (non-hydrogen) atoms. The van der Waals surface area contributed by atoms with E-state index in [1.807, 2.05) is 13.8 Å². The Bertz CT molecular complexity index is 508. The summed E-state index contributed by atoms with van der Waals surface area (Å²) in [6, 6.07) is 5.99. The van der Waals surface area contributed by atoms with Gasteiger partial charge in [-0.25, -0.2) is 0 Å². The van der Waals surface area contributed by atoms with Gasteiger partial charge in [0.15, 0.2) is 0 Å². The Labute approximate surface area is 91.3 Å². The van der Waals surface area contributed by atoms with Crippen LogP contribution in [0.1, 0.15) is 31.0 Å². The van der Waals surface area contributed by atoms with E-state index in [1.165, 1.54) is 6.07 Å². The number of alkyl halides is 3. The molecule has 1 heterocycles. The number of hydrogen-bond donors (Lipinski definition) is 1. The molecule has 0 amide bonds. The molecule has 0 atom stereocenters. The van der Waals surface area contributed by atoms with Crippen molar-refractivity contribution in [3.8, 4) is 0 Å². The molecule has 1 N–H and O–H groups in total. The minimum atomic E-state index is -4.31. The van der Waals surface area contributed by atoms with E-state index in [1.54, 1.807) is 12.1 Å². The summed E-state index contributed by atoms with van der Waals surface area (Å²) < 4.78 is 38.1. The van der Waals surface area contributed by atoms with Crippen LogP contribution in [0, 0.1) is 0 Å². The summed E-state index contributed by atoms with van der Waals surface area (Å²) in [5.74, 6) is 0.188. The van der Waals surface area contributed by atoms with Crippen molar-refractivity contribution >= 4 is 10.9 Å². The van der Waals surface area contributed by atoms with Crippen molar-refractivity contribution in [1.82, 2.24) is 4.98 Å². The van der Waals surface area contributed by atoms with E-state index in [4.69, 9.17) is 0 Å². The topological polar surface area (TPSA) is 15.8 Å². The fourth-order valence-electron chi connectivity index (χ4n) is 1.73. The first-order valence-electron chi connectivity index (χ1n) is 5.08. The monoisotopic (exact) mass is 227 g/mol. The Morgan fingerprint density at radius 2 is 1.88 bits per heavy atom. The molecule has 0 aliphatic carbocycles. The lowest BCUT2D eigenvalue weighted by atomic mass is 10.1. The van der Waals surface area contributed by atoms with Gasteiger partial charge in [0, 0.05) is 11.1 Å². The van der Waals surface area contributed by atoms with Gasteiger partial charge in [-0.1, -0.05) is 26.0 Å². The van der Waals surface area contributed by atoms with Gasteiger partial charge >= 0.3 is 6.18 Å². The van der Waals surface area contributed by atoms with Crippen LogP contribution in [0.15, 0.2) is 24.3 Å². The average Bonchev–Trinajstić information content (AvgIpc) is 2.58. The first-order chi connectivity index (χ1) is 7.39. The van der Waals surface area contributed by atoms with Crippen molar-refractivity contribution in [2.45, 2.75) is 25.9 Å². The molecular formula is C12H12F3N. The Morgan fingerprint density at radius 3 is 2.44 bits per heavy atom. The molecule has 0 aliphatic heterocycles. The lowest BCUT2D eigenvalue weighted by Crippen LogP contribution is -2.05. The predicted octanol–water partition coefficient (Wildman–Crippen LogP) is 4.31. The van der Waals surface area contributed by atoms with Gasteiger partial charge in [-0.05, 0) is 18.1 Å². The molecule has 0 unspecified atom stereocenters. The lowest BCUT2D eigenvalue weighted by Gasteiger charge is -2.07. The molecule has 0 aliphatic rings. The van der Waals surface area contributed by atoms with Gasteiger partial charge in [0.05, 0.1) is 11.1 Å². The number of benzene rings is 1. The molecule has 2 aromatic rings. The maximum Gasteiger partial charge on any atom is 0.418 e. The van der Waals surface area contributed by atoms with E-state index >= 15 is 0 Å². The van der Waals surface area contributed by atoms with Crippen LogP contribution in [0.4, 0.5) is 13.2 Å². The van der Waals surface area contributed by atoms with E-state index < -0.39 is 11.7 Å². The maximum atomic E-state index is 12.7. The molecule has 0 bridgehead atoms. The number of para-hydroxylation sites is 1. The van der Waals surface area contributed by atoms with Crippen LogP contribution < -0.4 is 0 Å². The highest BCUT2D eigenvalue weighted by molar-refractivity contribution is 5.84. The van der Waals surface area contributed by atoms with Crippen molar-refractivity contribution in [3.63, 3.8) is 0 Å². The van der Waals surface area contributed by atoms with Gasteiger partial charge < -0.3 is 4.98 Å². The fraction of sp³-hybridized carbons (Fsp3) is 0.333.